The molecule has 23 heavy (non-hydrogen) atoms. The Kier molecular flexibility index (Phi) is 5.40. The molecule has 0 aromatic rings. The minimum atomic E-state index is -2.02. The molecule has 10 heteroatoms. The highest BCUT2D eigenvalue weighted by molar-refractivity contribution is 6.66. The van der Waals surface area contributed by atoms with E-state index in [4.69, 9.17) is 79.1 Å². The summed E-state index contributed by atoms with van der Waals surface area (Å²) in [5, 5.41) is -0.362. The summed E-state index contributed by atoms with van der Waals surface area (Å²) in [6.07, 6.45) is 0. The van der Waals surface area contributed by atoms with Gasteiger partial charge in [-0.1, -0.05) is 46.4 Å². The van der Waals surface area contributed by atoms with E-state index in [0.29, 0.717) is 0 Å². The first-order chi connectivity index (χ1) is 10.5. The molecule has 0 saturated heterocycles. The van der Waals surface area contributed by atoms with Crippen molar-refractivity contribution in [1.29, 1.82) is 0 Å². The fraction of sp³-hybridized carbons (Fsp3) is 0.692. The van der Waals surface area contributed by atoms with Crippen LogP contribution in [0.3, 0.4) is 0 Å². The highest BCUT2D eigenvalue weighted by Crippen LogP contribution is 2.76. The molecule has 0 unspecified atom stereocenters. The van der Waals surface area contributed by atoms with Crippen molar-refractivity contribution >= 4 is 81.5 Å². The average molecular weight is 445 g/mol. The maximum Gasteiger partial charge on any atom is 0.312 e. The molecule has 0 aliphatic heterocycles. The van der Waals surface area contributed by atoms with Gasteiger partial charge in [0.05, 0.1) is 35.1 Å². The molecule has 2 bridgehead atoms. The number of allylic oxidation sites excluding steroid dienone is 2. The summed E-state index contributed by atoms with van der Waals surface area (Å²) >= 11 is 38.1. The predicted molar refractivity (Wildman–Crippen MR) is 90.6 cm³/mol. The van der Waals surface area contributed by atoms with Crippen LogP contribution >= 0.6 is 69.6 Å². The van der Waals surface area contributed by atoms with Crippen molar-refractivity contribution in [2.45, 2.75) is 27.9 Å². The lowest BCUT2D eigenvalue weighted by Crippen LogP contribution is -2.46. The Labute approximate surface area is 163 Å². The van der Waals surface area contributed by atoms with E-state index in [9.17, 15) is 9.59 Å². The number of esters is 2. The lowest BCUT2D eigenvalue weighted by Gasteiger charge is -2.33. The molecule has 130 valence electrons. The largest absolute Gasteiger partial charge is 0.466 e. The van der Waals surface area contributed by atoms with Gasteiger partial charge < -0.3 is 9.47 Å². The van der Waals surface area contributed by atoms with Gasteiger partial charge in [0.1, 0.15) is 9.75 Å². The molecule has 0 N–H and O–H groups in total. The number of ether oxygens (including phenoxy) is 2. The lowest BCUT2D eigenvalue weighted by atomic mass is 9.82. The summed E-state index contributed by atoms with van der Waals surface area (Å²) < 4.78 is 7.96. The van der Waals surface area contributed by atoms with Crippen molar-refractivity contribution in [3.05, 3.63) is 10.1 Å². The highest BCUT2D eigenvalue weighted by atomic mass is 35.5. The SMILES string of the molecule is CCOC(=O)[C@H]1[C@H](C(=O)OCC)[C@]2(Cl)C(Cl)=C(Cl)[C@]1(Cl)C2(Cl)Cl. The molecule has 0 radical (unpaired) electrons. The predicted octanol–water partition coefficient (Wildman–Crippen LogP) is 4.19. The minimum Gasteiger partial charge on any atom is -0.466 e. The zero-order chi connectivity index (χ0) is 17.8. The first-order valence-corrected chi connectivity index (χ1v) is 8.95. The third kappa shape index (κ3) is 2.25. The number of alkyl halides is 4. The van der Waals surface area contributed by atoms with Crippen molar-refractivity contribution in [3.63, 3.8) is 0 Å². The average Bonchev–Trinajstić information content (AvgIpc) is 2.67. The zero-order valence-electron chi connectivity index (χ0n) is 12.0. The van der Waals surface area contributed by atoms with Crippen LogP contribution in [0.25, 0.3) is 0 Å². The molecule has 1 saturated carbocycles. The van der Waals surface area contributed by atoms with Crippen molar-refractivity contribution in [2.75, 3.05) is 13.2 Å². The summed E-state index contributed by atoms with van der Waals surface area (Å²) in [6, 6.07) is 0. The van der Waals surface area contributed by atoms with Crippen LogP contribution in [-0.2, 0) is 19.1 Å². The van der Waals surface area contributed by atoms with E-state index in [0.717, 1.165) is 0 Å². The molecule has 2 aliphatic rings. The Balaban J connectivity index is 2.69. The summed E-state index contributed by atoms with van der Waals surface area (Å²) in [4.78, 5) is 21.0. The van der Waals surface area contributed by atoms with Crippen molar-refractivity contribution < 1.29 is 19.1 Å². The van der Waals surface area contributed by atoms with E-state index in [1.807, 2.05) is 0 Å². The topological polar surface area (TPSA) is 52.6 Å². The lowest BCUT2D eigenvalue weighted by molar-refractivity contribution is -0.160. The first-order valence-electron chi connectivity index (χ1n) is 6.68. The van der Waals surface area contributed by atoms with Crippen LogP contribution in [0.5, 0.6) is 0 Å². The molecular formula is C13H12Cl6O4. The van der Waals surface area contributed by atoms with E-state index >= 15 is 0 Å². The van der Waals surface area contributed by atoms with Crippen LogP contribution < -0.4 is 0 Å². The quantitative estimate of drug-likeness (QED) is 0.482. The van der Waals surface area contributed by atoms with Crippen LogP contribution in [0.15, 0.2) is 10.1 Å². The Morgan fingerprint density at radius 3 is 1.43 bits per heavy atom. The van der Waals surface area contributed by atoms with Gasteiger partial charge in [0.15, 0.2) is 4.33 Å². The molecule has 0 spiro atoms. The fourth-order valence-electron chi connectivity index (χ4n) is 3.04. The van der Waals surface area contributed by atoms with E-state index in [-0.39, 0.29) is 23.3 Å². The van der Waals surface area contributed by atoms with Gasteiger partial charge >= 0.3 is 11.9 Å². The third-order valence-electron chi connectivity index (χ3n) is 4.02. The Hall–Kier alpha value is 0.420. The van der Waals surface area contributed by atoms with Crippen LogP contribution in [-0.4, -0.2) is 39.2 Å². The normalized spacial score (nSPS) is 37.9. The van der Waals surface area contributed by atoms with Gasteiger partial charge in [-0.2, -0.15) is 0 Å². The Morgan fingerprint density at radius 1 is 0.870 bits per heavy atom. The van der Waals surface area contributed by atoms with E-state index in [1.54, 1.807) is 13.8 Å². The molecule has 0 aromatic carbocycles. The number of halogens is 6. The highest BCUT2D eigenvalue weighted by Gasteiger charge is 2.85. The third-order valence-corrected chi connectivity index (χ3v) is 8.28. The fourth-order valence-corrected chi connectivity index (χ4v) is 5.96. The van der Waals surface area contributed by atoms with E-state index in [2.05, 4.69) is 0 Å². The van der Waals surface area contributed by atoms with Gasteiger partial charge in [-0.25, -0.2) is 0 Å². The number of carbonyl (C=O) groups excluding carboxylic acids is 2. The van der Waals surface area contributed by atoms with Crippen molar-refractivity contribution in [1.82, 2.24) is 0 Å². The van der Waals surface area contributed by atoms with Gasteiger partial charge in [-0.3, -0.25) is 9.59 Å². The number of hydrogen-bond acceptors (Lipinski definition) is 4. The van der Waals surface area contributed by atoms with Crippen molar-refractivity contribution in [2.24, 2.45) is 11.8 Å². The molecule has 4 nitrogen and oxygen atoms in total. The van der Waals surface area contributed by atoms with Gasteiger partial charge in [-0.15, -0.1) is 23.2 Å². The van der Waals surface area contributed by atoms with Crippen LogP contribution in [0.1, 0.15) is 13.8 Å². The zero-order valence-corrected chi connectivity index (χ0v) is 16.5. The van der Waals surface area contributed by atoms with Crippen LogP contribution in [0.2, 0.25) is 0 Å². The number of rotatable bonds is 4. The maximum absolute atomic E-state index is 12.4. The Morgan fingerprint density at radius 2 is 1.17 bits per heavy atom. The van der Waals surface area contributed by atoms with Gasteiger partial charge in [0.2, 0.25) is 0 Å². The molecule has 2 aliphatic carbocycles. The number of fused-ring (bicyclic) bond motifs is 2. The van der Waals surface area contributed by atoms with Gasteiger partial charge in [0.25, 0.3) is 0 Å². The van der Waals surface area contributed by atoms with E-state index < -0.39 is 37.9 Å². The molecule has 0 heterocycles. The monoisotopic (exact) mass is 442 g/mol. The molecular weight excluding hydrogens is 433 g/mol. The van der Waals surface area contributed by atoms with Crippen LogP contribution in [0.4, 0.5) is 0 Å². The number of carbonyl (C=O) groups is 2. The Bertz CT molecular complexity index is 543. The second kappa shape index (κ2) is 6.30. The van der Waals surface area contributed by atoms with Gasteiger partial charge in [0, 0.05) is 0 Å². The number of hydrogen-bond donors (Lipinski definition) is 0. The molecule has 2 rings (SSSR count). The summed E-state index contributed by atoms with van der Waals surface area (Å²) in [5.41, 5.74) is 0. The second-order valence-corrected chi connectivity index (χ2v) is 8.36. The van der Waals surface area contributed by atoms with E-state index in [1.165, 1.54) is 0 Å². The summed E-state index contributed by atoms with van der Waals surface area (Å²) in [7, 11) is 0. The molecule has 1 fully saturated rings. The summed E-state index contributed by atoms with van der Waals surface area (Å²) in [5.74, 6) is -4.30. The smallest absolute Gasteiger partial charge is 0.312 e. The standard InChI is InChI=1S/C13H12Cl6O4/c1-3-22-9(20)5-6(10(21)23-4-2)12(17)8(15)7(14)11(5,16)13(12,18)19/h5-6H,3-4H2,1-2H3/t5-,6-,11+,12+/m1/s1. The first kappa shape index (κ1) is 19.7. The maximum atomic E-state index is 12.4. The molecule has 0 amide bonds. The second-order valence-electron chi connectivity index (χ2n) is 5.09. The summed E-state index contributed by atoms with van der Waals surface area (Å²) in [6.45, 7) is 3.31. The molecule has 4 atom stereocenters. The minimum absolute atomic E-state index is 0.0553. The van der Waals surface area contributed by atoms with Gasteiger partial charge in [-0.05, 0) is 13.8 Å². The van der Waals surface area contributed by atoms with Crippen molar-refractivity contribution in [3.8, 4) is 0 Å². The molecule has 0 aromatic heterocycles. The van der Waals surface area contributed by atoms with Crippen LogP contribution in [0, 0.1) is 11.8 Å².